The van der Waals surface area contributed by atoms with E-state index < -0.39 is 65.0 Å². The third-order valence-corrected chi connectivity index (χ3v) is 15.8. The number of halogens is 6. The number of carbonyl (C=O) groups excluding carboxylic acids is 10. The molecule has 31 heteroatoms. The minimum atomic E-state index is -0.700. The second-order valence-electron chi connectivity index (χ2n) is 25.0. The van der Waals surface area contributed by atoms with Crippen LogP contribution >= 0.6 is 81.4 Å². The zero-order valence-electron chi connectivity index (χ0n) is 62.1. The summed E-state index contributed by atoms with van der Waals surface area (Å²) >= 11 is 36.8. The number of carbonyl (C=O) groups is 10. The van der Waals surface area contributed by atoms with Crippen LogP contribution in [0.15, 0.2) is 109 Å². The number of benzene rings is 5. The number of ether oxygens (including phenoxy) is 5. The second-order valence-corrected chi connectivity index (χ2v) is 28.6. The van der Waals surface area contributed by atoms with Crippen molar-refractivity contribution < 1.29 is 76.6 Å². The summed E-state index contributed by atoms with van der Waals surface area (Å²) in [6.45, 7) is 18.2. The quantitative estimate of drug-likeness (QED) is 0.0109. The Morgan fingerprint density at radius 1 is 0.462 bits per heavy atom. The normalized spacial score (nSPS) is 11.9. The number of esters is 5. The Bertz CT molecular complexity index is 3590. The number of thioether (sulfide) groups is 1. The van der Waals surface area contributed by atoms with Crippen LogP contribution in [0.2, 0.25) is 30.1 Å². The lowest BCUT2D eigenvalue weighted by molar-refractivity contribution is -0.384. The molecule has 0 bridgehead atoms. The van der Waals surface area contributed by atoms with E-state index in [9.17, 15) is 58.1 Å². The van der Waals surface area contributed by atoms with Gasteiger partial charge in [-0.15, -0.1) is 0 Å². The molecule has 0 saturated heterocycles. The fraction of sp³-hybridized carbons (Fsp3) is 0.467. The number of non-ortho nitro benzene ring substituents is 1. The number of nitrogens with one attached hydrogen (secondary N) is 5. The number of amides is 5. The van der Waals surface area contributed by atoms with Crippen LogP contribution in [0.5, 0.6) is 0 Å². The average Bonchev–Trinajstić information content (AvgIpc) is 0.904. The van der Waals surface area contributed by atoms with Gasteiger partial charge in [0.1, 0.15) is 36.8 Å². The minimum absolute atomic E-state index is 0.0309. The van der Waals surface area contributed by atoms with E-state index in [2.05, 4.69) is 26.6 Å². The third kappa shape index (κ3) is 45.0. The first kappa shape index (κ1) is 96.3. The topological polar surface area (TPSA) is 323 Å². The van der Waals surface area contributed by atoms with E-state index in [0.29, 0.717) is 91.8 Å². The Hall–Kier alpha value is -7.75. The van der Waals surface area contributed by atoms with Gasteiger partial charge < -0.3 is 55.2 Å². The smallest absolute Gasteiger partial charge is 0.328 e. The van der Waals surface area contributed by atoms with Crippen LogP contribution in [0, 0.1) is 22.0 Å². The summed E-state index contributed by atoms with van der Waals surface area (Å²) in [5, 5.41) is 26.9. The molecule has 584 valence electrons. The van der Waals surface area contributed by atoms with Crippen molar-refractivity contribution in [1.29, 1.82) is 0 Å². The largest absolute Gasteiger partial charge is 0.467 e. The Kier molecular flexibility index (Phi) is 49.0. The van der Waals surface area contributed by atoms with E-state index in [1.165, 1.54) is 25.3 Å². The summed E-state index contributed by atoms with van der Waals surface area (Å²) in [6, 6.07) is 26.5. The van der Waals surface area contributed by atoms with Gasteiger partial charge >= 0.3 is 29.8 Å². The maximum atomic E-state index is 12.1. The van der Waals surface area contributed by atoms with E-state index >= 15 is 0 Å². The number of hydrogen-bond donors (Lipinski definition) is 5. The van der Waals surface area contributed by atoms with Gasteiger partial charge in [-0.05, 0) is 167 Å². The second kappa shape index (κ2) is 53.9. The van der Waals surface area contributed by atoms with Crippen LogP contribution in [0.1, 0.15) is 116 Å². The molecule has 0 radical (unpaired) electrons. The van der Waals surface area contributed by atoms with Crippen molar-refractivity contribution in [2.24, 2.45) is 11.8 Å². The zero-order valence-corrected chi connectivity index (χ0v) is 67.4. The number of rotatable bonds is 35. The van der Waals surface area contributed by atoms with Gasteiger partial charge in [-0.3, -0.25) is 34.1 Å². The molecule has 0 aliphatic heterocycles. The van der Waals surface area contributed by atoms with Crippen molar-refractivity contribution in [3.63, 3.8) is 0 Å². The highest BCUT2D eigenvalue weighted by Crippen LogP contribution is 2.22. The van der Waals surface area contributed by atoms with Crippen molar-refractivity contribution in [1.82, 2.24) is 31.5 Å². The first-order valence-corrected chi connectivity index (χ1v) is 37.6. The molecule has 0 spiro atoms. The van der Waals surface area contributed by atoms with Gasteiger partial charge in [0.05, 0.1) is 64.0 Å². The number of likely N-dealkylation sites (N-methyl/N-ethyl adjacent to an activating group) is 1. The first-order valence-electron chi connectivity index (χ1n) is 33.9. The average molecular weight is 1620 g/mol. The Morgan fingerprint density at radius 2 is 0.821 bits per heavy atom. The molecule has 0 heterocycles. The fourth-order valence-corrected chi connectivity index (χ4v) is 10.7. The molecule has 5 rings (SSSR count). The SMILES string of the molecule is CC(C)COC(=O)[C@H](C)NC(=O)Cc1cc(Cl)cc(Cl)c1.CC(C)COC(=O)[C@H](C)NC(=O)Cc1cccc(Cl)c1.CCCCC(NC(=O)Cc1cc(Cl)cc(Cl)c1)C(=O)OC.CCOC(=O)[C@H](CCSC)NC(=O)Cc1cccc([N+](=O)[O-])c1.C[C@H](NC(=O)Cc1cccc(Cl)c1)C(=O)OCCN(C)C. The lowest BCUT2D eigenvalue weighted by Gasteiger charge is -2.16. The number of nitro groups is 1. The van der Waals surface area contributed by atoms with Gasteiger partial charge in [-0.25, -0.2) is 24.0 Å². The number of hydrogen-bond acceptors (Lipinski definition) is 19. The van der Waals surface area contributed by atoms with E-state index in [4.69, 9.17) is 93.3 Å². The molecule has 5 aromatic carbocycles. The maximum absolute atomic E-state index is 12.1. The highest BCUT2D eigenvalue weighted by molar-refractivity contribution is 7.98. The van der Waals surface area contributed by atoms with Gasteiger partial charge in [0.15, 0.2) is 0 Å². The van der Waals surface area contributed by atoms with Crippen LogP contribution in [0.3, 0.4) is 0 Å². The number of nitrogens with zero attached hydrogens (tertiary/aromatic N) is 2. The predicted molar refractivity (Wildman–Crippen MR) is 416 cm³/mol. The molecule has 5 atom stereocenters. The summed E-state index contributed by atoms with van der Waals surface area (Å²) in [5.74, 6) is -2.35. The zero-order chi connectivity index (χ0) is 80.0. The third-order valence-electron chi connectivity index (χ3n) is 13.8. The molecule has 0 aromatic heterocycles. The summed E-state index contributed by atoms with van der Waals surface area (Å²) in [5.41, 5.74) is 3.44. The fourth-order valence-electron chi connectivity index (χ4n) is 8.70. The number of unbranched alkanes of at least 4 members (excludes halogenated alkanes) is 1. The minimum Gasteiger partial charge on any atom is -0.467 e. The Balaban J connectivity index is 0.000000663. The molecule has 0 aliphatic rings. The van der Waals surface area contributed by atoms with E-state index in [0.717, 1.165) is 24.0 Å². The highest BCUT2D eigenvalue weighted by Gasteiger charge is 2.25. The molecule has 1 unspecified atom stereocenters. The summed E-state index contributed by atoms with van der Waals surface area (Å²) in [7, 11) is 5.10. The Labute approximate surface area is 655 Å². The molecule has 24 nitrogen and oxygen atoms in total. The van der Waals surface area contributed by atoms with E-state index in [1.807, 2.05) is 72.0 Å². The molecule has 106 heavy (non-hydrogen) atoms. The van der Waals surface area contributed by atoms with Gasteiger partial charge in [0.25, 0.3) is 5.69 Å². The molecule has 0 fully saturated rings. The summed E-state index contributed by atoms with van der Waals surface area (Å²) in [6.07, 6.45) is 5.26. The predicted octanol–water partition coefficient (Wildman–Crippen LogP) is 12.6. The van der Waals surface area contributed by atoms with Crippen molar-refractivity contribution in [2.75, 3.05) is 66.2 Å². The van der Waals surface area contributed by atoms with Crippen LogP contribution < -0.4 is 26.6 Å². The van der Waals surface area contributed by atoms with E-state index in [-0.39, 0.29) is 85.8 Å². The van der Waals surface area contributed by atoms with Crippen molar-refractivity contribution in [2.45, 2.75) is 150 Å². The van der Waals surface area contributed by atoms with Crippen molar-refractivity contribution in [3.8, 4) is 0 Å². The van der Waals surface area contributed by atoms with Crippen molar-refractivity contribution in [3.05, 3.63) is 177 Å². The molecule has 5 aromatic rings. The maximum Gasteiger partial charge on any atom is 0.328 e. The summed E-state index contributed by atoms with van der Waals surface area (Å²) < 4.78 is 24.8. The van der Waals surface area contributed by atoms with Gasteiger partial charge in [-0.1, -0.05) is 153 Å². The van der Waals surface area contributed by atoms with Crippen LogP contribution in [0.4, 0.5) is 5.69 Å². The molecule has 0 aliphatic carbocycles. The number of nitro benzene ring substituents is 1. The highest BCUT2D eigenvalue weighted by atomic mass is 35.5. The monoisotopic (exact) mass is 1610 g/mol. The van der Waals surface area contributed by atoms with Crippen LogP contribution in [-0.2, 0) is 104 Å². The standard InChI is InChI=1S/2C15H19Cl2NO3.C15H21ClN2O3.C15H20ClNO3.C15H20N2O5S/c1-9(2)8-21-15(20)10(3)18-14(19)6-11-4-12(16)7-13(17)5-11;1-3-4-5-13(15(20)21-2)18-14(19)8-10-6-11(16)9-12(17)7-10;1-11(15(20)21-8-7-18(2)3)17-14(19)10-12-5-4-6-13(16)9-12;1-10(2)9-20-15(19)11(3)17-14(18)8-12-5-4-6-13(16)7-12;1-3-22-15(19)13(7-8-23-2)16-14(18)10-11-5-4-6-12(9-11)17(20)21/h4-5,7,9-10H,6,8H2,1-3H3,(H,18,19);6-7,9,13H,3-5,8H2,1-2H3,(H,18,19);4-6,9,11H,7-8,10H2,1-3H3,(H,17,19);4-7,10-11H,8-9H2,1-3H3,(H,17,18);4-6,9,13H,3,7-8,10H2,1-2H3,(H,16,18)/t10-;;2*11-;13-/m0.000/s1. The van der Waals surface area contributed by atoms with Crippen LogP contribution in [0.25, 0.3) is 0 Å². The van der Waals surface area contributed by atoms with Gasteiger partial charge in [-0.2, -0.15) is 11.8 Å². The number of methoxy groups -OCH3 is 1. The molecular formula is C75H99Cl6N7O17S. The lowest BCUT2D eigenvalue weighted by Crippen LogP contribution is -2.43. The molecule has 5 amide bonds. The van der Waals surface area contributed by atoms with E-state index in [1.54, 1.807) is 118 Å². The Morgan fingerprint density at radius 3 is 1.17 bits per heavy atom. The molecule has 5 N–H and O–H groups in total. The lowest BCUT2D eigenvalue weighted by atomic mass is 10.1. The first-order chi connectivity index (χ1) is 50.0. The van der Waals surface area contributed by atoms with Crippen LogP contribution in [-0.4, -0.2) is 166 Å². The van der Waals surface area contributed by atoms with Gasteiger partial charge in [0, 0.05) is 48.8 Å². The molecular weight excluding hydrogens is 1520 g/mol. The summed E-state index contributed by atoms with van der Waals surface area (Å²) in [4.78, 5) is 130. The van der Waals surface area contributed by atoms with Gasteiger partial charge in [0.2, 0.25) is 29.5 Å². The van der Waals surface area contributed by atoms with Crippen molar-refractivity contribution >= 4 is 146 Å². The molecule has 0 saturated carbocycles.